The monoisotopic (exact) mass is 341 g/mol. The molecule has 0 bridgehead atoms. The third-order valence-electron chi connectivity index (χ3n) is 3.42. The van der Waals surface area contributed by atoms with E-state index < -0.39 is 12.1 Å². The summed E-state index contributed by atoms with van der Waals surface area (Å²) >= 11 is 0. The molecular weight excluding hydrogens is 318 g/mol. The molecule has 0 unspecified atom stereocenters. The van der Waals surface area contributed by atoms with Crippen LogP contribution in [-0.4, -0.2) is 24.1 Å². The van der Waals surface area contributed by atoms with Crippen LogP contribution in [-0.2, 0) is 16.1 Å². The van der Waals surface area contributed by atoms with Gasteiger partial charge >= 0.3 is 5.97 Å². The minimum absolute atomic E-state index is 0.0612. The van der Waals surface area contributed by atoms with E-state index in [4.69, 9.17) is 9.47 Å². The van der Waals surface area contributed by atoms with Gasteiger partial charge in [0, 0.05) is 6.54 Å². The number of carbonyl (C=O) groups excluding carboxylic acids is 2. The summed E-state index contributed by atoms with van der Waals surface area (Å²) in [7, 11) is 0. The Hall–Kier alpha value is -2.82. The fourth-order valence-electron chi connectivity index (χ4n) is 2.15. The van der Waals surface area contributed by atoms with Crippen LogP contribution in [0, 0.1) is 0 Å². The lowest BCUT2D eigenvalue weighted by atomic mass is 10.2. The van der Waals surface area contributed by atoms with Gasteiger partial charge in [-0.1, -0.05) is 30.3 Å². The van der Waals surface area contributed by atoms with Gasteiger partial charge in [-0.25, -0.2) is 4.79 Å². The first-order chi connectivity index (χ1) is 12.0. The lowest BCUT2D eigenvalue weighted by molar-refractivity contribution is -0.129. The molecule has 0 aliphatic rings. The Labute approximate surface area is 148 Å². The predicted molar refractivity (Wildman–Crippen MR) is 95.4 cm³/mol. The van der Waals surface area contributed by atoms with Crippen LogP contribution in [0.1, 0.15) is 36.7 Å². The summed E-state index contributed by atoms with van der Waals surface area (Å²) in [5, 5.41) is 2.75. The molecule has 0 spiro atoms. The fraction of sp³-hybridized carbons (Fsp3) is 0.300. The van der Waals surface area contributed by atoms with Crippen molar-refractivity contribution >= 4 is 11.9 Å². The third kappa shape index (κ3) is 5.95. The summed E-state index contributed by atoms with van der Waals surface area (Å²) in [6, 6.07) is 16.2. The Balaban J connectivity index is 1.85. The van der Waals surface area contributed by atoms with Crippen molar-refractivity contribution in [3.8, 4) is 5.75 Å². The van der Waals surface area contributed by atoms with Crippen LogP contribution in [0.3, 0.4) is 0 Å². The number of hydrogen-bond acceptors (Lipinski definition) is 4. The second-order valence-corrected chi connectivity index (χ2v) is 5.94. The van der Waals surface area contributed by atoms with E-state index >= 15 is 0 Å². The van der Waals surface area contributed by atoms with E-state index in [1.807, 2.05) is 44.2 Å². The first-order valence-electron chi connectivity index (χ1n) is 8.25. The topological polar surface area (TPSA) is 64.6 Å². The Morgan fingerprint density at radius 1 is 0.960 bits per heavy atom. The van der Waals surface area contributed by atoms with Crippen LogP contribution in [0.4, 0.5) is 0 Å². The molecule has 5 nitrogen and oxygen atoms in total. The first kappa shape index (κ1) is 18.5. The van der Waals surface area contributed by atoms with E-state index in [2.05, 4.69) is 5.32 Å². The van der Waals surface area contributed by atoms with Gasteiger partial charge in [-0.05, 0) is 50.6 Å². The maximum absolute atomic E-state index is 12.1. The van der Waals surface area contributed by atoms with E-state index in [1.165, 1.54) is 0 Å². The molecular formula is C20H23NO4. The molecule has 2 aromatic rings. The zero-order valence-electron chi connectivity index (χ0n) is 14.7. The molecule has 5 heteroatoms. The molecule has 0 fully saturated rings. The van der Waals surface area contributed by atoms with Gasteiger partial charge in [-0.2, -0.15) is 0 Å². The second kappa shape index (κ2) is 8.87. The van der Waals surface area contributed by atoms with Crippen LogP contribution >= 0.6 is 0 Å². The summed E-state index contributed by atoms with van der Waals surface area (Å²) in [5.41, 5.74) is 1.36. The number of nitrogens with one attached hydrogen (secondary N) is 1. The van der Waals surface area contributed by atoms with Gasteiger partial charge in [-0.15, -0.1) is 0 Å². The van der Waals surface area contributed by atoms with Gasteiger partial charge in [0.2, 0.25) is 0 Å². The largest absolute Gasteiger partial charge is 0.491 e. The molecule has 0 saturated carbocycles. The molecule has 0 aliphatic heterocycles. The van der Waals surface area contributed by atoms with Crippen molar-refractivity contribution in [2.75, 3.05) is 0 Å². The molecule has 0 aliphatic carbocycles. The standard InChI is InChI=1S/C20H23NO4/c1-14(2)24-18-11-9-17(10-12-18)20(23)25-15(3)19(22)21-13-16-7-5-4-6-8-16/h4-12,14-15H,13H2,1-3H3,(H,21,22)/t15-/m0/s1. The maximum atomic E-state index is 12.1. The van der Waals surface area contributed by atoms with Gasteiger partial charge in [0.1, 0.15) is 5.75 Å². The fourth-order valence-corrected chi connectivity index (χ4v) is 2.15. The first-order valence-corrected chi connectivity index (χ1v) is 8.25. The minimum Gasteiger partial charge on any atom is -0.491 e. The zero-order chi connectivity index (χ0) is 18.2. The number of rotatable bonds is 7. The van der Waals surface area contributed by atoms with Crippen molar-refractivity contribution in [3.63, 3.8) is 0 Å². The SMILES string of the molecule is CC(C)Oc1ccc(C(=O)O[C@@H](C)C(=O)NCc2ccccc2)cc1. The Morgan fingerprint density at radius 3 is 2.20 bits per heavy atom. The summed E-state index contributed by atoms with van der Waals surface area (Å²) in [4.78, 5) is 24.2. The summed E-state index contributed by atoms with van der Waals surface area (Å²) in [6.45, 7) is 5.80. The Morgan fingerprint density at radius 2 is 1.60 bits per heavy atom. The van der Waals surface area contributed by atoms with Crippen molar-refractivity contribution in [3.05, 3.63) is 65.7 Å². The van der Waals surface area contributed by atoms with Gasteiger partial charge < -0.3 is 14.8 Å². The molecule has 25 heavy (non-hydrogen) atoms. The predicted octanol–water partition coefficient (Wildman–Crippen LogP) is 3.34. The number of amides is 1. The number of benzene rings is 2. The summed E-state index contributed by atoms with van der Waals surface area (Å²) in [6.07, 6.45) is -0.811. The number of ether oxygens (including phenoxy) is 2. The van der Waals surface area contributed by atoms with Gasteiger partial charge in [-0.3, -0.25) is 4.79 Å². The summed E-state index contributed by atoms with van der Waals surface area (Å²) < 4.78 is 10.7. The minimum atomic E-state index is -0.872. The van der Waals surface area contributed by atoms with Crippen molar-refractivity contribution in [1.29, 1.82) is 0 Å². The van der Waals surface area contributed by atoms with E-state index in [1.54, 1.807) is 31.2 Å². The number of hydrogen-bond donors (Lipinski definition) is 1. The highest BCUT2D eigenvalue weighted by atomic mass is 16.5. The molecule has 0 radical (unpaired) electrons. The molecule has 0 saturated heterocycles. The number of esters is 1. The smallest absolute Gasteiger partial charge is 0.338 e. The summed E-state index contributed by atoms with van der Waals surface area (Å²) in [5.74, 6) is -0.198. The van der Waals surface area contributed by atoms with Gasteiger partial charge in [0.05, 0.1) is 11.7 Å². The van der Waals surface area contributed by atoms with Crippen molar-refractivity contribution in [1.82, 2.24) is 5.32 Å². The Bertz CT molecular complexity index is 695. The molecule has 0 heterocycles. The van der Waals surface area contributed by atoms with E-state index in [-0.39, 0.29) is 12.0 Å². The second-order valence-electron chi connectivity index (χ2n) is 5.94. The van der Waals surface area contributed by atoms with E-state index in [0.29, 0.717) is 17.9 Å². The van der Waals surface area contributed by atoms with Crippen LogP contribution in [0.2, 0.25) is 0 Å². The van der Waals surface area contributed by atoms with Crippen LogP contribution < -0.4 is 10.1 Å². The molecule has 1 N–H and O–H groups in total. The van der Waals surface area contributed by atoms with Gasteiger partial charge in [0.25, 0.3) is 5.91 Å². The van der Waals surface area contributed by atoms with Crippen molar-refractivity contribution < 1.29 is 19.1 Å². The highest BCUT2D eigenvalue weighted by molar-refractivity contribution is 5.92. The van der Waals surface area contributed by atoms with Crippen LogP contribution in [0.25, 0.3) is 0 Å². The highest BCUT2D eigenvalue weighted by Gasteiger charge is 2.18. The maximum Gasteiger partial charge on any atom is 0.338 e. The molecule has 132 valence electrons. The lowest BCUT2D eigenvalue weighted by Crippen LogP contribution is -2.35. The van der Waals surface area contributed by atoms with Crippen molar-refractivity contribution in [2.24, 2.45) is 0 Å². The van der Waals surface area contributed by atoms with Crippen molar-refractivity contribution in [2.45, 2.75) is 39.5 Å². The Kier molecular flexibility index (Phi) is 6.57. The molecule has 1 atom stereocenters. The quantitative estimate of drug-likeness (QED) is 0.785. The average Bonchev–Trinajstić information content (AvgIpc) is 2.60. The third-order valence-corrected chi connectivity index (χ3v) is 3.42. The normalized spacial score (nSPS) is 11.7. The lowest BCUT2D eigenvalue weighted by Gasteiger charge is -2.14. The molecule has 0 aromatic heterocycles. The number of carbonyl (C=O) groups is 2. The van der Waals surface area contributed by atoms with Crippen LogP contribution in [0.15, 0.2) is 54.6 Å². The zero-order valence-corrected chi connectivity index (χ0v) is 14.7. The van der Waals surface area contributed by atoms with Crippen LogP contribution in [0.5, 0.6) is 5.75 Å². The van der Waals surface area contributed by atoms with E-state index in [9.17, 15) is 9.59 Å². The highest BCUT2D eigenvalue weighted by Crippen LogP contribution is 2.15. The molecule has 2 rings (SSSR count). The van der Waals surface area contributed by atoms with E-state index in [0.717, 1.165) is 5.56 Å². The van der Waals surface area contributed by atoms with Gasteiger partial charge in [0.15, 0.2) is 6.10 Å². The molecule has 2 aromatic carbocycles. The average molecular weight is 341 g/mol. The molecule has 1 amide bonds.